The molecule has 100 valence electrons. The van der Waals surface area contributed by atoms with Crippen LogP contribution in [0.1, 0.15) is 32.4 Å². The topological polar surface area (TPSA) is 41.0 Å². The summed E-state index contributed by atoms with van der Waals surface area (Å²) in [4.78, 5) is 11.2. The van der Waals surface area contributed by atoms with Crippen molar-refractivity contribution in [2.45, 2.75) is 39.7 Å². The summed E-state index contributed by atoms with van der Waals surface area (Å²) in [6.07, 6.45) is 6.11. The van der Waals surface area contributed by atoms with E-state index in [9.17, 15) is 0 Å². The summed E-state index contributed by atoms with van der Waals surface area (Å²) < 4.78 is 0. The van der Waals surface area contributed by atoms with E-state index in [1.807, 2.05) is 6.92 Å². The zero-order chi connectivity index (χ0) is 13.0. The van der Waals surface area contributed by atoms with Crippen molar-refractivity contribution in [2.75, 3.05) is 24.5 Å². The van der Waals surface area contributed by atoms with Crippen molar-refractivity contribution in [2.24, 2.45) is 5.92 Å². The van der Waals surface area contributed by atoms with Gasteiger partial charge >= 0.3 is 0 Å². The maximum Gasteiger partial charge on any atom is 0.150 e. The molecule has 0 aliphatic carbocycles. The Morgan fingerprint density at radius 3 is 2.94 bits per heavy atom. The first-order chi connectivity index (χ1) is 8.72. The number of piperidine rings is 1. The lowest BCUT2D eigenvalue weighted by atomic mass is 9.91. The second kappa shape index (κ2) is 6.14. The van der Waals surface area contributed by atoms with E-state index in [0.717, 1.165) is 31.1 Å². The number of aryl methyl sites for hydroxylation is 1. The van der Waals surface area contributed by atoms with Crippen molar-refractivity contribution in [1.29, 1.82) is 0 Å². The van der Waals surface area contributed by atoms with Gasteiger partial charge in [0, 0.05) is 31.5 Å². The molecule has 1 aromatic rings. The van der Waals surface area contributed by atoms with Gasteiger partial charge in [-0.05, 0) is 39.2 Å². The lowest BCUT2D eigenvalue weighted by molar-refractivity contribution is 0.323. The van der Waals surface area contributed by atoms with Crippen LogP contribution in [-0.2, 0) is 0 Å². The SMILES string of the molecule is CCNC(C)C1CCCN(c2nccnc2C)C1. The quantitative estimate of drug-likeness (QED) is 0.885. The van der Waals surface area contributed by atoms with Gasteiger partial charge in [0.1, 0.15) is 5.82 Å². The molecule has 0 spiro atoms. The van der Waals surface area contributed by atoms with Gasteiger partial charge in [-0.15, -0.1) is 0 Å². The Hall–Kier alpha value is -1.16. The van der Waals surface area contributed by atoms with E-state index in [2.05, 4.69) is 34.0 Å². The van der Waals surface area contributed by atoms with Crippen molar-refractivity contribution in [3.63, 3.8) is 0 Å². The summed E-state index contributed by atoms with van der Waals surface area (Å²) in [6, 6.07) is 0.578. The lowest BCUT2D eigenvalue weighted by Gasteiger charge is -2.37. The number of hydrogen-bond donors (Lipinski definition) is 1. The summed E-state index contributed by atoms with van der Waals surface area (Å²) in [5.41, 5.74) is 1.04. The van der Waals surface area contributed by atoms with Gasteiger partial charge in [-0.2, -0.15) is 0 Å². The highest BCUT2D eigenvalue weighted by Crippen LogP contribution is 2.24. The van der Waals surface area contributed by atoms with Crippen LogP contribution in [0.25, 0.3) is 0 Å². The number of aromatic nitrogens is 2. The average molecular weight is 248 g/mol. The van der Waals surface area contributed by atoms with Crippen LogP contribution < -0.4 is 10.2 Å². The Kier molecular flexibility index (Phi) is 4.53. The van der Waals surface area contributed by atoms with Crippen LogP contribution in [0.4, 0.5) is 5.82 Å². The normalized spacial score (nSPS) is 21.9. The monoisotopic (exact) mass is 248 g/mol. The third kappa shape index (κ3) is 2.99. The zero-order valence-electron chi connectivity index (χ0n) is 11.7. The maximum absolute atomic E-state index is 4.48. The molecule has 1 aliphatic rings. The molecule has 1 fully saturated rings. The van der Waals surface area contributed by atoms with E-state index in [-0.39, 0.29) is 0 Å². The Morgan fingerprint density at radius 2 is 2.22 bits per heavy atom. The van der Waals surface area contributed by atoms with Crippen molar-refractivity contribution in [3.05, 3.63) is 18.1 Å². The van der Waals surface area contributed by atoms with E-state index in [1.54, 1.807) is 12.4 Å². The third-order valence-electron chi connectivity index (χ3n) is 3.85. The molecule has 4 nitrogen and oxygen atoms in total. The Morgan fingerprint density at radius 1 is 1.44 bits per heavy atom. The molecule has 0 bridgehead atoms. The molecular formula is C14H24N4. The minimum absolute atomic E-state index is 0.578. The standard InChI is InChI=1S/C14H24N4/c1-4-15-11(2)13-6-5-9-18(10-13)14-12(3)16-7-8-17-14/h7-8,11,13,15H,4-6,9-10H2,1-3H3. The largest absolute Gasteiger partial charge is 0.355 e. The average Bonchev–Trinajstić information content (AvgIpc) is 2.40. The maximum atomic E-state index is 4.48. The number of rotatable bonds is 4. The van der Waals surface area contributed by atoms with Crippen LogP contribution in [0.3, 0.4) is 0 Å². The van der Waals surface area contributed by atoms with Crippen LogP contribution >= 0.6 is 0 Å². The van der Waals surface area contributed by atoms with Gasteiger partial charge in [0.05, 0.1) is 5.69 Å². The molecule has 1 saturated heterocycles. The summed E-state index contributed by atoms with van der Waals surface area (Å²) >= 11 is 0. The second-order valence-corrected chi connectivity index (χ2v) is 5.16. The predicted molar refractivity (Wildman–Crippen MR) is 74.8 cm³/mol. The van der Waals surface area contributed by atoms with Gasteiger partial charge < -0.3 is 10.2 Å². The molecule has 2 atom stereocenters. The van der Waals surface area contributed by atoms with E-state index in [0.29, 0.717) is 12.0 Å². The highest BCUT2D eigenvalue weighted by Gasteiger charge is 2.25. The first kappa shape index (κ1) is 13.3. The van der Waals surface area contributed by atoms with Crippen LogP contribution in [0, 0.1) is 12.8 Å². The summed E-state index contributed by atoms with van der Waals surface area (Å²) in [7, 11) is 0. The molecule has 18 heavy (non-hydrogen) atoms. The van der Waals surface area contributed by atoms with Gasteiger partial charge in [-0.1, -0.05) is 6.92 Å². The molecule has 0 radical (unpaired) electrons. The van der Waals surface area contributed by atoms with Crippen LogP contribution in [0.2, 0.25) is 0 Å². The molecule has 0 aromatic carbocycles. The van der Waals surface area contributed by atoms with Gasteiger partial charge in [-0.3, -0.25) is 4.98 Å². The second-order valence-electron chi connectivity index (χ2n) is 5.16. The molecule has 1 aliphatic heterocycles. The first-order valence-corrected chi connectivity index (χ1v) is 6.98. The summed E-state index contributed by atoms with van der Waals surface area (Å²) in [6.45, 7) is 9.75. The summed E-state index contributed by atoms with van der Waals surface area (Å²) in [5.74, 6) is 1.77. The highest BCUT2D eigenvalue weighted by molar-refractivity contribution is 5.42. The Balaban J connectivity index is 2.05. The molecule has 1 aromatic heterocycles. The van der Waals surface area contributed by atoms with Crippen molar-refractivity contribution >= 4 is 5.82 Å². The molecular weight excluding hydrogens is 224 g/mol. The van der Waals surface area contributed by atoms with Crippen molar-refractivity contribution in [1.82, 2.24) is 15.3 Å². The molecule has 0 amide bonds. The number of hydrogen-bond acceptors (Lipinski definition) is 4. The minimum Gasteiger partial charge on any atom is -0.355 e. The van der Waals surface area contributed by atoms with Gasteiger partial charge in [0.25, 0.3) is 0 Å². The molecule has 1 N–H and O–H groups in total. The Bertz CT molecular complexity index is 380. The fourth-order valence-electron chi connectivity index (χ4n) is 2.81. The predicted octanol–water partition coefficient (Wildman–Crippen LogP) is 2.00. The van der Waals surface area contributed by atoms with Crippen LogP contribution in [0.15, 0.2) is 12.4 Å². The van der Waals surface area contributed by atoms with Crippen molar-refractivity contribution < 1.29 is 0 Å². The number of nitrogens with one attached hydrogen (secondary N) is 1. The zero-order valence-corrected chi connectivity index (χ0v) is 11.7. The molecule has 2 heterocycles. The first-order valence-electron chi connectivity index (χ1n) is 6.98. The van der Waals surface area contributed by atoms with E-state index >= 15 is 0 Å². The van der Waals surface area contributed by atoms with Crippen LogP contribution in [-0.4, -0.2) is 35.6 Å². The van der Waals surface area contributed by atoms with Crippen LogP contribution in [0.5, 0.6) is 0 Å². The van der Waals surface area contributed by atoms with Crippen molar-refractivity contribution in [3.8, 4) is 0 Å². The van der Waals surface area contributed by atoms with E-state index < -0.39 is 0 Å². The smallest absolute Gasteiger partial charge is 0.150 e. The Labute approximate surface area is 110 Å². The van der Waals surface area contributed by atoms with E-state index in [4.69, 9.17) is 0 Å². The molecule has 2 unspecified atom stereocenters. The van der Waals surface area contributed by atoms with Gasteiger partial charge in [0.15, 0.2) is 0 Å². The minimum atomic E-state index is 0.578. The summed E-state index contributed by atoms with van der Waals surface area (Å²) in [5, 5.41) is 3.54. The van der Waals surface area contributed by atoms with Gasteiger partial charge in [-0.25, -0.2) is 4.98 Å². The number of anilines is 1. The van der Waals surface area contributed by atoms with Gasteiger partial charge in [0.2, 0.25) is 0 Å². The lowest BCUT2D eigenvalue weighted by Crippen LogP contribution is -2.45. The highest BCUT2D eigenvalue weighted by atomic mass is 15.2. The molecule has 4 heteroatoms. The molecule has 0 saturated carbocycles. The fraction of sp³-hybridized carbons (Fsp3) is 0.714. The van der Waals surface area contributed by atoms with E-state index in [1.165, 1.54) is 12.8 Å². The third-order valence-corrected chi connectivity index (χ3v) is 3.85. The fourth-order valence-corrected chi connectivity index (χ4v) is 2.81. The molecule has 2 rings (SSSR count). The number of nitrogens with zero attached hydrogens (tertiary/aromatic N) is 3.